The molecule has 4 rings (SSSR count). The molecular weight excluding hydrogens is 493 g/mol. The third-order valence-corrected chi connectivity index (χ3v) is 5.52. The predicted octanol–water partition coefficient (Wildman–Crippen LogP) is 4.97. The molecule has 0 N–H and O–H groups in total. The summed E-state index contributed by atoms with van der Waals surface area (Å²) in [6.07, 6.45) is 0.400. The third-order valence-electron chi connectivity index (χ3n) is 5.27. The minimum atomic E-state index is -4.52. The molecule has 184 valence electrons. The zero-order chi connectivity index (χ0) is 25.9. The number of halogens is 4. The number of aromatic nitrogens is 4. The summed E-state index contributed by atoms with van der Waals surface area (Å²) in [6.45, 7) is 2.00. The van der Waals surface area contributed by atoms with E-state index in [1.54, 1.807) is 31.6 Å². The number of nitrogens with zero attached hydrogens (tertiary/aromatic N) is 6. The van der Waals surface area contributed by atoms with Crippen molar-refractivity contribution in [3.63, 3.8) is 0 Å². The van der Waals surface area contributed by atoms with Crippen molar-refractivity contribution in [3.05, 3.63) is 94.6 Å². The molecule has 0 radical (unpaired) electrons. The monoisotopic (exact) mass is 512 g/mol. The first-order valence-electron chi connectivity index (χ1n) is 10.7. The predicted molar refractivity (Wildman–Crippen MR) is 129 cm³/mol. The summed E-state index contributed by atoms with van der Waals surface area (Å²) in [5.41, 5.74) is 3.37. The van der Waals surface area contributed by atoms with Gasteiger partial charge in [0.2, 0.25) is 6.41 Å². The molecule has 0 unspecified atom stereocenters. The second-order valence-corrected chi connectivity index (χ2v) is 8.40. The van der Waals surface area contributed by atoms with E-state index in [4.69, 9.17) is 11.6 Å². The van der Waals surface area contributed by atoms with Crippen LogP contribution in [0.25, 0.3) is 22.3 Å². The average Bonchev–Trinajstić information content (AvgIpc) is 2.85. The number of rotatable bonds is 6. The molecule has 0 spiro atoms. The van der Waals surface area contributed by atoms with Crippen LogP contribution < -0.4 is 5.49 Å². The van der Waals surface area contributed by atoms with Gasteiger partial charge in [-0.3, -0.25) is 19.8 Å². The Kier molecular flexibility index (Phi) is 7.16. The van der Waals surface area contributed by atoms with Gasteiger partial charge in [0, 0.05) is 46.8 Å². The lowest BCUT2D eigenvalue weighted by Crippen LogP contribution is -2.29. The van der Waals surface area contributed by atoms with Crippen molar-refractivity contribution in [1.82, 2.24) is 24.8 Å². The first-order valence-corrected chi connectivity index (χ1v) is 11.1. The Hall–Kier alpha value is -4.05. The van der Waals surface area contributed by atoms with E-state index in [1.807, 2.05) is 31.2 Å². The van der Waals surface area contributed by atoms with Gasteiger partial charge >= 0.3 is 6.18 Å². The Labute approximate surface area is 209 Å². The highest BCUT2D eigenvalue weighted by Crippen LogP contribution is 2.30. The first kappa shape index (κ1) is 25.1. The van der Waals surface area contributed by atoms with Gasteiger partial charge in [0.25, 0.3) is 0 Å². The highest BCUT2D eigenvalue weighted by atomic mass is 35.5. The number of hydrogen-bond donors (Lipinski definition) is 0. The maximum Gasteiger partial charge on any atom is 0.433 e. The number of alkyl halides is 3. The van der Waals surface area contributed by atoms with Crippen molar-refractivity contribution < 1.29 is 18.0 Å². The quantitative estimate of drug-likeness (QED) is 0.269. The molecule has 0 aliphatic heterocycles. The molecule has 0 bridgehead atoms. The summed E-state index contributed by atoms with van der Waals surface area (Å²) in [6, 6.07) is 13.1. The number of hydrogen-bond acceptors (Lipinski definition) is 6. The molecule has 7 nitrogen and oxygen atoms in total. The maximum atomic E-state index is 12.8. The number of benzene rings is 1. The Morgan fingerprint density at radius 3 is 2.31 bits per heavy atom. The van der Waals surface area contributed by atoms with Crippen LogP contribution in [-0.2, 0) is 17.5 Å². The van der Waals surface area contributed by atoms with E-state index >= 15 is 0 Å². The van der Waals surface area contributed by atoms with Gasteiger partial charge in [0.1, 0.15) is 5.69 Å². The van der Waals surface area contributed by atoms with Gasteiger partial charge in [-0.1, -0.05) is 35.9 Å². The molecule has 0 saturated heterocycles. The molecule has 3 aromatic heterocycles. The standard InChI is InChI=1S/C25H20ClF3N6O/c1-16-3-5-19(12-30-16)23-21(18-6-8-20(26)9-7-18)13-32-35(15-36)24(23)33-34(2)14-17-4-10-22(31-11-17)25(27,28)29/h3-13,15H,14H2,1-2H3/b33-24-. The Bertz CT molecular complexity index is 1430. The molecule has 1 aromatic carbocycles. The maximum absolute atomic E-state index is 12.8. The highest BCUT2D eigenvalue weighted by molar-refractivity contribution is 6.30. The van der Waals surface area contributed by atoms with Crippen LogP contribution in [0.3, 0.4) is 0 Å². The van der Waals surface area contributed by atoms with Gasteiger partial charge < -0.3 is 0 Å². The fraction of sp³-hybridized carbons (Fsp3) is 0.160. The topological polar surface area (TPSA) is 76.3 Å². The van der Waals surface area contributed by atoms with Gasteiger partial charge in [-0.05, 0) is 42.3 Å². The second-order valence-electron chi connectivity index (χ2n) is 7.97. The van der Waals surface area contributed by atoms with Gasteiger partial charge in [0.05, 0.1) is 12.7 Å². The van der Waals surface area contributed by atoms with E-state index in [9.17, 15) is 18.0 Å². The van der Waals surface area contributed by atoms with Crippen LogP contribution in [-0.4, -0.2) is 38.2 Å². The number of pyridine rings is 2. The Balaban J connectivity index is 1.84. The summed E-state index contributed by atoms with van der Waals surface area (Å²) in [7, 11) is 1.64. The SMILES string of the molecule is Cc1ccc(-c2c(-c3ccc(Cl)cc3)cnn(C=O)/c2=N\N(C)Cc2ccc(C(F)(F)F)nc2)cn1. The van der Waals surface area contributed by atoms with Crippen molar-refractivity contribution in [2.75, 3.05) is 7.05 Å². The van der Waals surface area contributed by atoms with E-state index in [0.717, 1.165) is 28.2 Å². The molecule has 11 heteroatoms. The fourth-order valence-corrected chi connectivity index (χ4v) is 3.67. The van der Waals surface area contributed by atoms with Gasteiger partial charge in [-0.2, -0.15) is 28.1 Å². The zero-order valence-electron chi connectivity index (χ0n) is 19.2. The number of carbonyl (C=O) groups is 1. The van der Waals surface area contributed by atoms with Crippen LogP contribution in [0.4, 0.5) is 13.2 Å². The van der Waals surface area contributed by atoms with E-state index in [1.165, 1.54) is 11.1 Å². The summed E-state index contributed by atoms with van der Waals surface area (Å²) in [4.78, 5) is 19.8. The highest BCUT2D eigenvalue weighted by Gasteiger charge is 2.32. The zero-order valence-corrected chi connectivity index (χ0v) is 20.0. The molecule has 0 aliphatic carbocycles. The molecule has 0 saturated carbocycles. The molecule has 4 aromatic rings. The Morgan fingerprint density at radius 1 is 1.00 bits per heavy atom. The van der Waals surface area contributed by atoms with Crippen LogP contribution in [0.5, 0.6) is 0 Å². The normalized spacial score (nSPS) is 12.0. The lowest BCUT2D eigenvalue weighted by molar-refractivity contribution is -0.141. The summed E-state index contributed by atoms with van der Waals surface area (Å²) in [5.74, 6) is 0. The summed E-state index contributed by atoms with van der Waals surface area (Å²) in [5, 5.41) is 10.9. The number of aryl methyl sites for hydroxylation is 1. The lowest BCUT2D eigenvalue weighted by atomic mass is 9.98. The fourth-order valence-electron chi connectivity index (χ4n) is 3.54. The molecule has 0 atom stereocenters. The number of carbonyl (C=O) groups excluding carboxylic acids is 1. The first-order chi connectivity index (χ1) is 17.2. The largest absolute Gasteiger partial charge is 0.433 e. The molecular formula is C25H20ClF3N6O. The smallest absolute Gasteiger partial charge is 0.294 e. The van der Waals surface area contributed by atoms with E-state index in [0.29, 0.717) is 33.7 Å². The van der Waals surface area contributed by atoms with Crippen molar-refractivity contribution in [3.8, 4) is 22.3 Å². The van der Waals surface area contributed by atoms with Crippen LogP contribution >= 0.6 is 11.6 Å². The van der Waals surface area contributed by atoms with E-state index < -0.39 is 11.9 Å². The minimum Gasteiger partial charge on any atom is -0.294 e. The molecule has 36 heavy (non-hydrogen) atoms. The second kappa shape index (κ2) is 10.3. The van der Waals surface area contributed by atoms with Crippen molar-refractivity contribution in [2.45, 2.75) is 19.6 Å². The van der Waals surface area contributed by atoms with Crippen LogP contribution in [0, 0.1) is 6.92 Å². The summed E-state index contributed by atoms with van der Waals surface area (Å²) < 4.78 is 39.6. The third kappa shape index (κ3) is 5.60. The van der Waals surface area contributed by atoms with Crippen LogP contribution in [0.15, 0.2) is 72.2 Å². The molecule has 0 fully saturated rings. The van der Waals surface area contributed by atoms with Gasteiger partial charge in [-0.15, -0.1) is 0 Å². The van der Waals surface area contributed by atoms with Crippen molar-refractivity contribution >= 4 is 18.0 Å². The molecule has 0 aliphatic rings. The van der Waals surface area contributed by atoms with E-state index in [-0.39, 0.29) is 12.0 Å². The van der Waals surface area contributed by atoms with Gasteiger partial charge in [0.15, 0.2) is 5.49 Å². The minimum absolute atomic E-state index is 0.140. The average molecular weight is 513 g/mol. The lowest BCUT2D eigenvalue weighted by Gasteiger charge is -2.17. The van der Waals surface area contributed by atoms with Crippen molar-refractivity contribution in [2.24, 2.45) is 5.10 Å². The molecule has 0 amide bonds. The molecule has 3 heterocycles. The van der Waals surface area contributed by atoms with E-state index in [2.05, 4.69) is 20.2 Å². The van der Waals surface area contributed by atoms with Crippen LogP contribution in [0.1, 0.15) is 17.0 Å². The summed E-state index contributed by atoms with van der Waals surface area (Å²) >= 11 is 6.06. The van der Waals surface area contributed by atoms with Crippen molar-refractivity contribution in [1.29, 1.82) is 0 Å². The van der Waals surface area contributed by atoms with Gasteiger partial charge in [-0.25, -0.2) is 0 Å². The Morgan fingerprint density at radius 2 is 1.72 bits per heavy atom. The van der Waals surface area contributed by atoms with Crippen LogP contribution in [0.2, 0.25) is 5.02 Å².